The Morgan fingerprint density at radius 1 is 1.37 bits per heavy atom. The molecule has 0 aliphatic heterocycles. The van der Waals surface area contributed by atoms with Gasteiger partial charge < -0.3 is 4.74 Å². The Labute approximate surface area is 120 Å². The Morgan fingerprint density at radius 2 is 2.16 bits per heavy atom. The van der Waals surface area contributed by atoms with Crippen molar-refractivity contribution in [1.29, 1.82) is 5.26 Å². The molecule has 0 aliphatic rings. The second-order valence-corrected chi connectivity index (χ2v) is 5.89. The van der Waals surface area contributed by atoms with Gasteiger partial charge in [0.25, 0.3) is 0 Å². The van der Waals surface area contributed by atoms with Crippen molar-refractivity contribution in [1.82, 2.24) is 9.36 Å². The van der Waals surface area contributed by atoms with Crippen LogP contribution in [0.2, 0.25) is 0 Å². The van der Waals surface area contributed by atoms with E-state index in [0.29, 0.717) is 12.2 Å². The molecule has 0 unspecified atom stereocenters. The van der Waals surface area contributed by atoms with E-state index in [9.17, 15) is 0 Å². The lowest BCUT2D eigenvalue weighted by molar-refractivity contribution is 0.318. The molecule has 0 amide bonds. The van der Waals surface area contributed by atoms with E-state index >= 15 is 0 Å². The molecule has 0 saturated heterocycles. The van der Waals surface area contributed by atoms with Crippen LogP contribution in [0.4, 0.5) is 0 Å². The van der Waals surface area contributed by atoms with Crippen molar-refractivity contribution in [3.8, 4) is 11.8 Å². The number of thioether (sulfide) groups is 1. The minimum absolute atomic E-state index is 0.648. The van der Waals surface area contributed by atoms with Crippen LogP contribution in [0.3, 0.4) is 0 Å². The first-order chi connectivity index (χ1) is 9.28. The van der Waals surface area contributed by atoms with Crippen molar-refractivity contribution in [2.45, 2.75) is 17.7 Å². The van der Waals surface area contributed by atoms with Crippen molar-refractivity contribution < 1.29 is 4.74 Å². The van der Waals surface area contributed by atoms with Crippen LogP contribution in [0.1, 0.15) is 17.8 Å². The first-order valence-electron chi connectivity index (χ1n) is 5.84. The lowest BCUT2D eigenvalue weighted by Gasteiger charge is -2.05. The van der Waals surface area contributed by atoms with Crippen LogP contribution in [0, 0.1) is 18.3 Å². The maximum absolute atomic E-state index is 8.68. The topological polar surface area (TPSA) is 58.8 Å². The van der Waals surface area contributed by atoms with Gasteiger partial charge >= 0.3 is 0 Å². The van der Waals surface area contributed by atoms with Crippen LogP contribution in [0.25, 0.3) is 0 Å². The maximum atomic E-state index is 8.68. The Bertz CT molecular complexity index is 560. The molecule has 0 spiro atoms. The summed E-state index contributed by atoms with van der Waals surface area (Å²) in [5.41, 5.74) is 0.648. The van der Waals surface area contributed by atoms with Gasteiger partial charge in [-0.25, -0.2) is 4.98 Å². The zero-order valence-corrected chi connectivity index (χ0v) is 12.1. The van der Waals surface area contributed by atoms with Gasteiger partial charge in [0.05, 0.1) is 18.2 Å². The van der Waals surface area contributed by atoms with Gasteiger partial charge in [0.15, 0.2) is 4.34 Å². The van der Waals surface area contributed by atoms with Crippen molar-refractivity contribution in [2.24, 2.45) is 0 Å². The van der Waals surface area contributed by atoms with E-state index < -0.39 is 0 Å². The fourth-order valence-electron chi connectivity index (χ4n) is 1.37. The summed E-state index contributed by atoms with van der Waals surface area (Å²) >= 11 is 3.14. The molecule has 98 valence electrons. The molecule has 1 heterocycles. The highest BCUT2D eigenvalue weighted by molar-refractivity contribution is 8.00. The fourth-order valence-corrected chi connectivity index (χ4v) is 3.00. The minimum atomic E-state index is 0.648. The number of nitriles is 1. The molecule has 19 heavy (non-hydrogen) atoms. The molecule has 0 radical (unpaired) electrons. The lowest BCUT2D eigenvalue weighted by atomic mass is 10.2. The van der Waals surface area contributed by atoms with E-state index in [-0.39, 0.29) is 0 Å². The van der Waals surface area contributed by atoms with Gasteiger partial charge in [-0.15, -0.1) is 0 Å². The summed E-state index contributed by atoms with van der Waals surface area (Å²) in [6.45, 7) is 2.56. The first-order valence-corrected chi connectivity index (χ1v) is 7.60. The largest absolute Gasteiger partial charge is 0.494 e. The molecule has 0 N–H and O–H groups in total. The molecule has 1 aromatic carbocycles. The summed E-state index contributed by atoms with van der Waals surface area (Å²) in [6.07, 6.45) is 0.948. The average Bonchev–Trinajstić information content (AvgIpc) is 2.85. The molecule has 0 saturated carbocycles. The normalized spacial score (nSPS) is 10.1. The van der Waals surface area contributed by atoms with Gasteiger partial charge in [0.2, 0.25) is 0 Å². The molecule has 4 nitrogen and oxygen atoms in total. The number of rotatable bonds is 6. The molecular weight excluding hydrogens is 278 g/mol. The van der Waals surface area contributed by atoms with Gasteiger partial charge in [-0.05, 0) is 49.1 Å². The Balaban J connectivity index is 1.65. The number of aryl methyl sites for hydroxylation is 1. The van der Waals surface area contributed by atoms with Crippen molar-refractivity contribution >= 4 is 23.3 Å². The fraction of sp³-hybridized carbons (Fsp3) is 0.308. The van der Waals surface area contributed by atoms with Gasteiger partial charge in [-0.1, -0.05) is 11.8 Å². The number of benzene rings is 1. The van der Waals surface area contributed by atoms with E-state index in [0.717, 1.165) is 28.1 Å². The molecule has 1 aromatic heterocycles. The second kappa shape index (κ2) is 7.12. The quantitative estimate of drug-likeness (QED) is 0.604. The zero-order chi connectivity index (χ0) is 13.5. The third-order valence-corrected chi connectivity index (χ3v) is 4.29. The zero-order valence-electron chi connectivity index (χ0n) is 10.5. The highest BCUT2D eigenvalue weighted by atomic mass is 32.2. The lowest BCUT2D eigenvalue weighted by Crippen LogP contribution is -1.98. The predicted molar refractivity (Wildman–Crippen MR) is 76.6 cm³/mol. The molecule has 0 aliphatic carbocycles. The van der Waals surface area contributed by atoms with Crippen LogP contribution in [0.15, 0.2) is 28.6 Å². The van der Waals surface area contributed by atoms with E-state index in [1.807, 2.05) is 19.1 Å². The number of nitrogens with zero attached hydrogens (tertiary/aromatic N) is 3. The SMILES string of the molecule is Cc1nsc(SCCCOc2ccc(C#N)cc2)n1. The van der Waals surface area contributed by atoms with Crippen molar-refractivity contribution in [2.75, 3.05) is 12.4 Å². The molecule has 2 rings (SSSR count). The number of hydrogen-bond acceptors (Lipinski definition) is 6. The van der Waals surface area contributed by atoms with Crippen LogP contribution >= 0.6 is 23.3 Å². The van der Waals surface area contributed by atoms with Gasteiger partial charge in [-0.3, -0.25) is 0 Å². The molecule has 0 atom stereocenters. The van der Waals surface area contributed by atoms with Crippen LogP contribution < -0.4 is 4.74 Å². The van der Waals surface area contributed by atoms with E-state index in [1.165, 1.54) is 11.5 Å². The highest BCUT2D eigenvalue weighted by Gasteiger charge is 2.01. The van der Waals surface area contributed by atoms with E-state index in [4.69, 9.17) is 10.00 Å². The maximum Gasteiger partial charge on any atom is 0.170 e. The Morgan fingerprint density at radius 3 is 2.79 bits per heavy atom. The predicted octanol–water partition coefficient (Wildman–Crippen LogP) is 3.28. The van der Waals surface area contributed by atoms with Crippen molar-refractivity contribution in [3.63, 3.8) is 0 Å². The number of aromatic nitrogens is 2. The summed E-state index contributed by atoms with van der Waals surface area (Å²) < 4.78 is 10.7. The van der Waals surface area contributed by atoms with Gasteiger partial charge in [0.1, 0.15) is 11.6 Å². The average molecular weight is 291 g/mol. The molecular formula is C13H13N3OS2. The van der Waals surface area contributed by atoms with E-state index in [1.54, 1.807) is 23.9 Å². The van der Waals surface area contributed by atoms with Crippen LogP contribution in [-0.4, -0.2) is 21.7 Å². The van der Waals surface area contributed by atoms with Gasteiger partial charge in [-0.2, -0.15) is 9.64 Å². The Hall–Kier alpha value is -1.58. The number of ether oxygens (including phenoxy) is 1. The summed E-state index contributed by atoms with van der Waals surface area (Å²) in [7, 11) is 0. The van der Waals surface area contributed by atoms with E-state index in [2.05, 4.69) is 15.4 Å². The number of hydrogen-bond donors (Lipinski definition) is 0. The molecule has 0 fully saturated rings. The monoisotopic (exact) mass is 291 g/mol. The molecule has 2 aromatic rings. The molecule has 0 bridgehead atoms. The molecule has 6 heteroatoms. The van der Waals surface area contributed by atoms with Crippen LogP contribution in [-0.2, 0) is 0 Å². The standard InChI is InChI=1S/C13H13N3OS2/c1-10-15-13(19-16-10)18-8-2-7-17-12-5-3-11(9-14)4-6-12/h3-6H,2,7-8H2,1H3. The highest BCUT2D eigenvalue weighted by Crippen LogP contribution is 2.20. The summed E-state index contributed by atoms with van der Waals surface area (Å²) in [6, 6.07) is 9.23. The summed E-state index contributed by atoms with van der Waals surface area (Å²) in [5, 5.41) is 8.68. The second-order valence-electron chi connectivity index (χ2n) is 3.79. The van der Waals surface area contributed by atoms with Gasteiger partial charge in [0, 0.05) is 5.75 Å². The minimum Gasteiger partial charge on any atom is -0.494 e. The third kappa shape index (κ3) is 4.54. The Kier molecular flexibility index (Phi) is 5.19. The van der Waals surface area contributed by atoms with Crippen molar-refractivity contribution in [3.05, 3.63) is 35.7 Å². The summed E-state index contributed by atoms with van der Waals surface area (Å²) in [5.74, 6) is 2.60. The van der Waals surface area contributed by atoms with Crippen LogP contribution in [0.5, 0.6) is 5.75 Å². The smallest absolute Gasteiger partial charge is 0.170 e. The third-order valence-electron chi connectivity index (χ3n) is 2.28. The first kappa shape index (κ1) is 13.8. The summed E-state index contributed by atoms with van der Waals surface area (Å²) in [4.78, 5) is 4.28.